The predicted octanol–water partition coefficient (Wildman–Crippen LogP) is 1.72. The van der Waals surface area contributed by atoms with Crippen LogP contribution in [0.4, 0.5) is 0 Å². The van der Waals surface area contributed by atoms with Gasteiger partial charge in [-0.1, -0.05) is 13.8 Å². The second-order valence-electron chi connectivity index (χ2n) is 3.85. The first-order valence-electron chi connectivity index (χ1n) is 4.40. The van der Waals surface area contributed by atoms with Gasteiger partial charge in [-0.25, -0.2) is 0 Å². The molecule has 1 fully saturated rings. The number of ether oxygens (including phenoxy) is 1. The van der Waals surface area contributed by atoms with Gasteiger partial charge in [0.05, 0.1) is 17.8 Å². The molecule has 0 aromatic rings. The SMILES string of the molecule is CCC(O)(CC)CC1(C)CO1. The lowest BCUT2D eigenvalue weighted by atomic mass is 9.87. The summed E-state index contributed by atoms with van der Waals surface area (Å²) in [6, 6.07) is 0. The molecule has 11 heavy (non-hydrogen) atoms. The third-order valence-corrected chi connectivity index (χ3v) is 2.66. The standard InChI is InChI=1S/C9H18O2/c1-4-9(10,5-2)6-8(3)7-11-8/h10H,4-7H2,1-3H3. The van der Waals surface area contributed by atoms with Gasteiger partial charge in [0, 0.05) is 6.42 Å². The highest BCUT2D eigenvalue weighted by Gasteiger charge is 2.45. The van der Waals surface area contributed by atoms with Gasteiger partial charge in [0.15, 0.2) is 0 Å². The van der Waals surface area contributed by atoms with Crippen LogP contribution < -0.4 is 0 Å². The number of aliphatic hydroxyl groups is 1. The molecule has 0 amide bonds. The summed E-state index contributed by atoms with van der Waals surface area (Å²) in [4.78, 5) is 0. The van der Waals surface area contributed by atoms with Crippen molar-refractivity contribution in [1.29, 1.82) is 0 Å². The van der Waals surface area contributed by atoms with E-state index in [2.05, 4.69) is 6.92 Å². The quantitative estimate of drug-likeness (QED) is 0.632. The lowest BCUT2D eigenvalue weighted by Crippen LogP contribution is -2.32. The lowest BCUT2D eigenvalue weighted by molar-refractivity contribution is 0.00372. The second kappa shape index (κ2) is 2.76. The maximum absolute atomic E-state index is 9.92. The van der Waals surface area contributed by atoms with Gasteiger partial charge in [-0.3, -0.25) is 0 Å². The van der Waals surface area contributed by atoms with Gasteiger partial charge in [-0.2, -0.15) is 0 Å². The van der Waals surface area contributed by atoms with Crippen molar-refractivity contribution in [3.63, 3.8) is 0 Å². The minimum absolute atomic E-state index is 0.0131. The van der Waals surface area contributed by atoms with Gasteiger partial charge in [-0.15, -0.1) is 0 Å². The Bertz CT molecular complexity index is 134. The number of epoxide rings is 1. The fraction of sp³-hybridized carbons (Fsp3) is 1.00. The van der Waals surface area contributed by atoms with E-state index in [1.54, 1.807) is 0 Å². The lowest BCUT2D eigenvalue weighted by Gasteiger charge is -2.26. The summed E-state index contributed by atoms with van der Waals surface area (Å²) in [5, 5.41) is 9.92. The molecule has 2 heteroatoms. The van der Waals surface area contributed by atoms with Crippen molar-refractivity contribution in [2.45, 2.75) is 51.2 Å². The average Bonchev–Trinajstić information content (AvgIpc) is 2.68. The van der Waals surface area contributed by atoms with Gasteiger partial charge in [0.25, 0.3) is 0 Å². The Labute approximate surface area is 68.6 Å². The highest BCUT2D eigenvalue weighted by Crippen LogP contribution is 2.37. The largest absolute Gasteiger partial charge is 0.390 e. The molecule has 1 N–H and O–H groups in total. The molecule has 0 spiro atoms. The predicted molar refractivity (Wildman–Crippen MR) is 44.5 cm³/mol. The van der Waals surface area contributed by atoms with Crippen molar-refractivity contribution in [2.75, 3.05) is 6.61 Å². The Kier molecular flexibility index (Phi) is 2.26. The number of hydrogen-bond acceptors (Lipinski definition) is 2. The first kappa shape index (κ1) is 9.01. The molecular formula is C9H18O2. The fourth-order valence-electron chi connectivity index (χ4n) is 1.42. The molecule has 1 heterocycles. The third kappa shape index (κ3) is 2.17. The van der Waals surface area contributed by atoms with E-state index in [9.17, 15) is 5.11 Å². The summed E-state index contributed by atoms with van der Waals surface area (Å²) < 4.78 is 5.24. The van der Waals surface area contributed by atoms with E-state index in [-0.39, 0.29) is 5.60 Å². The van der Waals surface area contributed by atoms with Crippen LogP contribution in [-0.2, 0) is 4.74 Å². The molecule has 66 valence electrons. The van der Waals surface area contributed by atoms with Crippen LogP contribution in [0.3, 0.4) is 0 Å². The molecule has 1 atom stereocenters. The van der Waals surface area contributed by atoms with Crippen LogP contribution >= 0.6 is 0 Å². The maximum Gasteiger partial charge on any atom is 0.0915 e. The first-order chi connectivity index (χ1) is 5.04. The Morgan fingerprint density at radius 1 is 1.45 bits per heavy atom. The monoisotopic (exact) mass is 158 g/mol. The Hall–Kier alpha value is -0.0800. The fourth-order valence-corrected chi connectivity index (χ4v) is 1.42. The zero-order valence-corrected chi connectivity index (χ0v) is 7.68. The number of rotatable bonds is 4. The van der Waals surface area contributed by atoms with E-state index < -0.39 is 5.60 Å². The second-order valence-corrected chi connectivity index (χ2v) is 3.85. The summed E-state index contributed by atoms with van der Waals surface area (Å²) in [5.74, 6) is 0. The molecule has 0 aromatic carbocycles. The molecule has 0 aliphatic carbocycles. The molecule has 0 aromatic heterocycles. The molecule has 1 aliphatic heterocycles. The van der Waals surface area contributed by atoms with Gasteiger partial charge in [0.1, 0.15) is 0 Å². The third-order valence-electron chi connectivity index (χ3n) is 2.66. The van der Waals surface area contributed by atoms with Crippen LogP contribution in [0.1, 0.15) is 40.0 Å². The van der Waals surface area contributed by atoms with Gasteiger partial charge in [-0.05, 0) is 19.8 Å². The van der Waals surface area contributed by atoms with Crippen molar-refractivity contribution >= 4 is 0 Å². The minimum Gasteiger partial charge on any atom is -0.390 e. The highest BCUT2D eigenvalue weighted by molar-refractivity contribution is 4.94. The molecule has 0 radical (unpaired) electrons. The molecule has 1 unspecified atom stereocenters. The molecular weight excluding hydrogens is 140 g/mol. The molecule has 1 aliphatic rings. The Morgan fingerprint density at radius 2 is 1.91 bits per heavy atom. The Balaban J connectivity index is 2.43. The molecule has 1 rings (SSSR count). The smallest absolute Gasteiger partial charge is 0.0915 e. The van der Waals surface area contributed by atoms with Crippen molar-refractivity contribution < 1.29 is 9.84 Å². The molecule has 0 saturated carbocycles. The van der Waals surface area contributed by atoms with Crippen LogP contribution in [0.2, 0.25) is 0 Å². The topological polar surface area (TPSA) is 32.8 Å². The van der Waals surface area contributed by atoms with E-state index in [4.69, 9.17) is 4.74 Å². The summed E-state index contributed by atoms with van der Waals surface area (Å²) >= 11 is 0. The van der Waals surface area contributed by atoms with Gasteiger partial charge < -0.3 is 9.84 Å². The van der Waals surface area contributed by atoms with Crippen LogP contribution in [0.25, 0.3) is 0 Å². The Morgan fingerprint density at radius 3 is 2.18 bits per heavy atom. The normalized spacial score (nSPS) is 30.5. The van der Waals surface area contributed by atoms with Crippen LogP contribution in [-0.4, -0.2) is 22.9 Å². The maximum atomic E-state index is 9.92. The average molecular weight is 158 g/mol. The summed E-state index contributed by atoms with van der Waals surface area (Å²) in [6.07, 6.45) is 2.43. The van der Waals surface area contributed by atoms with E-state index in [0.29, 0.717) is 0 Å². The van der Waals surface area contributed by atoms with E-state index >= 15 is 0 Å². The van der Waals surface area contributed by atoms with Crippen LogP contribution in [0.15, 0.2) is 0 Å². The van der Waals surface area contributed by atoms with Crippen molar-refractivity contribution in [3.8, 4) is 0 Å². The van der Waals surface area contributed by atoms with Crippen LogP contribution in [0, 0.1) is 0 Å². The van der Waals surface area contributed by atoms with E-state index in [0.717, 1.165) is 25.9 Å². The molecule has 2 nitrogen and oxygen atoms in total. The molecule has 1 saturated heterocycles. The van der Waals surface area contributed by atoms with Crippen molar-refractivity contribution in [2.24, 2.45) is 0 Å². The summed E-state index contributed by atoms with van der Waals surface area (Å²) in [5.41, 5.74) is -0.508. The highest BCUT2D eigenvalue weighted by atomic mass is 16.6. The first-order valence-corrected chi connectivity index (χ1v) is 4.40. The van der Waals surface area contributed by atoms with Crippen LogP contribution in [0.5, 0.6) is 0 Å². The minimum atomic E-state index is -0.495. The van der Waals surface area contributed by atoms with E-state index in [1.165, 1.54) is 0 Å². The summed E-state index contributed by atoms with van der Waals surface area (Å²) in [7, 11) is 0. The number of hydrogen-bond donors (Lipinski definition) is 1. The van der Waals surface area contributed by atoms with E-state index in [1.807, 2.05) is 13.8 Å². The summed E-state index contributed by atoms with van der Waals surface area (Å²) in [6.45, 7) is 6.92. The van der Waals surface area contributed by atoms with Gasteiger partial charge in [0.2, 0.25) is 0 Å². The zero-order valence-electron chi connectivity index (χ0n) is 7.68. The van der Waals surface area contributed by atoms with Gasteiger partial charge >= 0.3 is 0 Å². The van der Waals surface area contributed by atoms with Crippen molar-refractivity contribution in [3.05, 3.63) is 0 Å². The molecule has 0 bridgehead atoms. The van der Waals surface area contributed by atoms with Crippen molar-refractivity contribution in [1.82, 2.24) is 0 Å². The zero-order chi connectivity index (χ0) is 8.54.